The van der Waals surface area contributed by atoms with Crippen LogP contribution in [0.25, 0.3) is 10.9 Å². The molecule has 1 saturated carbocycles. The number of aldehydes is 1. The van der Waals surface area contributed by atoms with Crippen molar-refractivity contribution in [3.63, 3.8) is 0 Å². The quantitative estimate of drug-likeness (QED) is 0.269. The highest BCUT2D eigenvalue weighted by Gasteiger charge is 2.32. The number of benzene rings is 1. The molecule has 0 bridgehead atoms. The van der Waals surface area contributed by atoms with Crippen molar-refractivity contribution < 1.29 is 24.0 Å². The largest absolute Gasteiger partial charge is 0.356 e. The first-order valence-corrected chi connectivity index (χ1v) is 15.3. The van der Waals surface area contributed by atoms with Crippen LogP contribution in [0.15, 0.2) is 36.4 Å². The Balaban J connectivity index is 1.43. The fraction of sp³-hybridized carbons (Fsp3) is 0.562. The van der Waals surface area contributed by atoms with Crippen LogP contribution in [0.2, 0.25) is 0 Å². The molecule has 2 heterocycles. The first kappa shape index (κ1) is 31.1. The molecule has 0 unspecified atom stereocenters. The number of para-hydroxylation sites is 1. The lowest BCUT2D eigenvalue weighted by atomic mass is 9.84. The van der Waals surface area contributed by atoms with Gasteiger partial charge < -0.3 is 26.1 Å². The molecule has 4 N–H and O–H groups in total. The summed E-state index contributed by atoms with van der Waals surface area (Å²) in [6.07, 6.45) is 7.99. The molecule has 4 atom stereocenters. The molecule has 10 heteroatoms. The third-order valence-corrected chi connectivity index (χ3v) is 8.47. The maximum atomic E-state index is 13.6. The fourth-order valence-corrected chi connectivity index (χ4v) is 5.95. The summed E-state index contributed by atoms with van der Waals surface area (Å²) in [5.41, 5.74) is 0.881. The maximum absolute atomic E-state index is 13.6. The van der Waals surface area contributed by atoms with Crippen LogP contribution in [0.3, 0.4) is 0 Å². The van der Waals surface area contributed by atoms with E-state index in [1.54, 1.807) is 6.07 Å². The third-order valence-electron chi connectivity index (χ3n) is 8.47. The van der Waals surface area contributed by atoms with E-state index in [4.69, 9.17) is 0 Å². The number of aromatic nitrogens is 1. The molecule has 1 aliphatic heterocycles. The number of rotatable bonds is 13. The lowest BCUT2D eigenvalue weighted by Gasteiger charge is -2.29. The number of hydrogen-bond donors (Lipinski definition) is 4. The van der Waals surface area contributed by atoms with E-state index in [2.05, 4.69) is 26.3 Å². The van der Waals surface area contributed by atoms with Gasteiger partial charge in [0.25, 0.3) is 5.91 Å². The molecule has 4 amide bonds. The Labute approximate surface area is 247 Å². The van der Waals surface area contributed by atoms with E-state index in [1.807, 2.05) is 44.2 Å². The molecule has 1 aliphatic carbocycles. The summed E-state index contributed by atoms with van der Waals surface area (Å²) in [6.45, 7) is 4.29. The van der Waals surface area contributed by atoms with Crippen LogP contribution < -0.4 is 21.3 Å². The van der Waals surface area contributed by atoms with Gasteiger partial charge in [-0.25, -0.2) is 4.98 Å². The van der Waals surface area contributed by atoms with Crippen LogP contribution in [0.4, 0.5) is 0 Å². The van der Waals surface area contributed by atoms with Crippen molar-refractivity contribution in [2.24, 2.45) is 17.8 Å². The summed E-state index contributed by atoms with van der Waals surface area (Å²) in [7, 11) is 0. The molecular formula is C32H43N5O5. The van der Waals surface area contributed by atoms with Gasteiger partial charge in [-0.3, -0.25) is 19.2 Å². The van der Waals surface area contributed by atoms with Crippen LogP contribution in [-0.2, 0) is 19.2 Å². The molecule has 10 nitrogen and oxygen atoms in total. The molecule has 1 aromatic heterocycles. The minimum atomic E-state index is -0.893. The number of carbonyl (C=O) groups excluding carboxylic acids is 5. The zero-order chi connectivity index (χ0) is 30.1. The Morgan fingerprint density at radius 2 is 1.74 bits per heavy atom. The number of pyridine rings is 1. The van der Waals surface area contributed by atoms with Crippen molar-refractivity contribution in [2.45, 2.75) is 89.8 Å². The Bertz CT molecular complexity index is 1270. The summed E-state index contributed by atoms with van der Waals surface area (Å²) >= 11 is 0. The number of hydrogen-bond acceptors (Lipinski definition) is 6. The Morgan fingerprint density at radius 3 is 2.43 bits per heavy atom. The Morgan fingerprint density at radius 1 is 0.976 bits per heavy atom. The average molecular weight is 578 g/mol. The Kier molecular flexibility index (Phi) is 11.0. The molecule has 0 radical (unpaired) electrons. The van der Waals surface area contributed by atoms with Crippen LogP contribution >= 0.6 is 0 Å². The molecular weight excluding hydrogens is 534 g/mol. The van der Waals surface area contributed by atoms with E-state index in [-0.39, 0.29) is 29.4 Å². The molecule has 226 valence electrons. The normalized spacial score (nSPS) is 19.5. The minimum Gasteiger partial charge on any atom is -0.356 e. The van der Waals surface area contributed by atoms with E-state index >= 15 is 0 Å². The lowest BCUT2D eigenvalue weighted by molar-refractivity contribution is -0.132. The van der Waals surface area contributed by atoms with Crippen molar-refractivity contribution in [1.29, 1.82) is 0 Å². The smallest absolute Gasteiger partial charge is 0.270 e. The van der Waals surface area contributed by atoms with Gasteiger partial charge in [-0.1, -0.05) is 70.2 Å². The van der Waals surface area contributed by atoms with Gasteiger partial charge in [-0.05, 0) is 49.7 Å². The Hall–Kier alpha value is -3.82. The van der Waals surface area contributed by atoms with Gasteiger partial charge >= 0.3 is 0 Å². The van der Waals surface area contributed by atoms with Gasteiger partial charge in [0, 0.05) is 17.8 Å². The van der Waals surface area contributed by atoms with Gasteiger partial charge in [-0.15, -0.1) is 0 Å². The molecule has 1 aromatic carbocycles. The van der Waals surface area contributed by atoms with Crippen molar-refractivity contribution in [2.75, 3.05) is 6.54 Å². The zero-order valence-electron chi connectivity index (χ0n) is 24.6. The highest BCUT2D eigenvalue weighted by atomic mass is 16.2. The second-order valence-corrected chi connectivity index (χ2v) is 12.0. The molecule has 2 fully saturated rings. The average Bonchev–Trinajstić information content (AvgIpc) is 3.41. The second kappa shape index (κ2) is 14.9. The third kappa shape index (κ3) is 8.36. The summed E-state index contributed by atoms with van der Waals surface area (Å²) in [4.78, 5) is 68.4. The predicted octanol–water partition coefficient (Wildman–Crippen LogP) is 3.04. The van der Waals surface area contributed by atoms with Crippen LogP contribution in [0, 0.1) is 17.8 Å². The molecule has 4 rings (SSSR count). The minimum absolute atomic E-state index is 0.0194. The summed E-state index contributed by atoms with van der Waals surface area (Å²) in [5, 5.41) is 12.2. The summed E-state index contributed by atoms with van der Waals surface area (Å²) in [5.74, 6) is -1.51. The van der Waals surface area contributed by atoms with Crippen molar-refractivity contribution >= 4 is 40.8 Å². The molecule has 0 spiro atoms. The predicted molar refractivity (Wildman–Crippen MR) is 159 cm³/mol. The number of carbonyl (C=O) groups is 5. The van der Waals surface area contributed by atoms with E-state index < -0.39 is 35.8 Å². The van der Waals surface area contributed by atoms with Gasteiger partial charge in [0.15, 0.2) is 0 Å². The van der Waals surface area contributed by atoms with Crippen LogP contribution in [0.5, 0.6) is 0 Å². The van der Waals surface area contributed by atoms with Crippen LogP contribution in [-0.4, -0.2) is 59.6 Å². The second-order valence-electron chi connectivity index (χ2n) is 12.0. The monoisotopic (exact) mass is 577 g/mol. The SMILES string of the molecule is CC(C)[C@H](NC(=O)c1ccc2ccccc2n1)C(=O)N[C@@H](CC1CCCCC1)C(=O)N[C@H](C=O)CC[C@@H]1CCNC1=O. The molecule has 42 heavy (non-hydrogen) atoms. The van der Waals surface area contributed by atoms with Gasteiger partial charge in [0.1, 0.15) is 24.1 Å². The summed E-state index contributed by atoms with van der Waals surface area (Å²) < 4.78 is 0. The molecule has 2 aliphatic rings. The number of fused-ring (bicyclic) bond motifs is 1. The van der Waals surface area contributed by atoms with Crippen LogP contribution in [0.1, 0.15) is 82.1 Å². The fourth-order valence-electron chi connectivity index (χ4n) is 5.95. The van der Waals surface area contributed by atoms with Crippen molar-refractivity contribution in [3.8, 4) is 0 Å². The molecule has 1 saturated heterocycles. The number of nitrogens with zero attached hydrogens (tertiary/aromatic N) is 1. The van der Waals surface area contributed by atoms with Gasteiger partial charge in [0.2, 0.25) is 17.7 Å². The van der Waals surface area contributed by atoms with Gasteiger partial charge in [0.05, 0.1) is 11.6 Å². The van der Waals surface area contributed by atoms with Crippen molar-refractivity contribution in [3.05, 3.63) is 42.1 Å². The maximum Gasteiger partial charge on any atom is 0.270 e. The highest BCUT2D eigenvalue weighted by molar-refractivity contribution is 5.98. The number of nitrogens with one attached hydrogen (secondary N) is 4. The standard InChI is InChI=1S/C32H43N5O5/c1-20(2)28(37-30(40)26-15-13-22-10-6-7-11-25(22)35-26)32(42)36-27(18-21-8-4-3-5-9-21)31(41)34-24(19-38)14-12-23-16-17-33-29(23)39/h6-7,10-11,13,15,19-21,23-24,27-28H,3-5,8-9,12,14,16-18H2,1-2H3,(H,33,39)(H,34,41)(H,36,42)(H,37,40)/t23-,24+,27+,28+/m1/s1. The lowest BCUT2D eigenvalue weighted by Crippen LogP contribution is -2.57. The topological polar surface area (TPSA) is 146 Å². The molecule has 2 aromatic rings. The van der Waals surface area contributed by atoms with E-state index in [1.165, 1.54) is 0 Å². The van der Waals surface area contributed by atoms with E-state index in [9.17, 15) is 24.0 Å². The van der Waals surface area contributed by atoms with E-state index in [0.717, 1.165) is 43.9 Å². The summed E-state index contributed by atoms with van der Waals surface area (Å²) in [6, 6.07) is 8.42. The van der Waals surface area contributed by atoms with Gasteiger partial charge in [-0.2, -0.15) is 0 Å². The van der Waals surface area contributed by atoms with E-state index in [0.29, 0.717) is 37.6 Å². The highest BCUT2D eigenvalue weighted by Crippen LogP contribution is 2.27. The number of amides is 4. The zero-order valence-corrected chi connectivity index (χ0v) is 24.6. The van der Waals surface area contributed by atoms with Crippen molar-refractivity contribution in [1.82, 2.24) is 26.3 Å². The first-order valence-electron chi connectivity index (χ1n) is 15.3. The first-order chi connectivity index (χ1) is 20.2.